The lowest BCUT2D eigenvalue weighted by atomic mass is 10.1. The van der Waals surface area contributed by atoms with Crippen LogP contribution in [0.4, 0.5) is 5.69 Å². The van der Waals surface area contributed by atoms with Crippen molar-refractivity contribution in [3.05, 3.63) is 88.4 Å². The molecule has 3 aromatic carbocycles. The number of nitrogens with one attached hydrogen (secondary N) is 1. The van der Waals surface area contributed by atoms with Crippen LogP contribution in [0.3, 0.4) is 0 Å². The van der Waals surface area contributed by atoms with Gasteiger partial charge in [-0.05, 0) is 81.6 Å². The molecule has 0 heterocycles. The summed E-state index contributed by atoms with van der Waals surface area (Å²) in [6.45, 7) is 8.62. The molecule has 0 aliphatic rings. The van der Waals surface area contributed by atoms with Crippen molar-refractivity contribution >= 4 is 39.1 Å². The van der Waals surface area contributed by atoms with Gasteiger partial charge in [0.05, 0.1) is 17.7 Å². The van der Waals surface area contributed by atoms with Gasteiger partial charge in [0.25, 0.3) is 10.0 Å². The fraction of sp³-hybridized carbons (Fsp3) is 0.355. The van der Waals surface area contributed by atoms with Gasteiger partial charge < -0.3 is 15.0 Å². The van der Waals surface area contributed by atoms with Crippen molar-refractivity contribution in [2.24, 2.45) is 0 Å². The van der Waals surface area contributed by atoms with E-state index in [9.17, 15) is 18.0 Å². The third-order valence-electron chi connectivity index (χ3n) is 6.98. The number of carbonyl (C=O) groups is 2. The first-order valence-corrected chi connectivity index (χ1v) is 15.3. The average Bonchev–Trinajstić information content (AvgIpc) is 2.95. The van der Waals surface area contributed by atoms with Crippen LogP contribution in [0, 0.1) is 13.8 Å². The van der Waals surface area contributed by atoms with Crippen molar-refractivity contribution in [2.45, 2.75) is 64.6 Å². The molecule has 0 bridgehead atoms. The number of ether oxygens (including phenoxy) is 1. The SMILES string of the molecule is CC[C@H](C)NC(=O)[C@@H](C)N(Cc1cccc(OC)c1)C(=O)CN(c1cc(Cl)ccc1C)S(=O)(=O)c1ccc(C)cc1. The van der Waals surface area contributed by atoms with Crippen molar-refractivity contribution < 1.29 is 22.7 Å². The van der Waals surface area contributed by atoms with E-state index in [1.807, 2.05) is 26.8 Å². The van der Waals surface area contributed by atoms with Gasteiger partial charge in [0.15, 0.2) is 0 Å². The third-order valence-corrected chi connectivity index (χ3v) is 8.99. The molecule has 0 aromatic heterocycles. The molecule has 220 valence electrons. The van der Waals surface area contributed by atoms with Crippen LogP contribution < -0.4 is 14.4 Å². The molecular formula is C31H38ClN3O5S. The lowest BCUT2D eigenvalue weighted by Gasteiger charge is -2.33. The Hall–Kier alpha value is -3.56. The smallest absolute Gasteiger partial charge is 0.264 e. The number of halogens is 1. The summed E-state index contributed by atoms with van der Waals surface area (Å²) in [7, 11) is -2.64. The summed E-state index contributed by atoms with van der Waals surface area (Å²) in [4.78, 5) is 28.7. The molecule has 0 fully saturated rings. The molecule has 0 unspecified atom stereocenters. The number of sulfonamides is 1. The number of methoxy groups -OCH3 is 1. The largest absolute Gasteiger partial charge is 0.497 e. The number of carbonyl (C=O) groups excluding carboxylic acids is 2. The highest BCUT2D eigenvalue weighted by atomic mass is 35.5. The summed E-state index contributed by atoms with van der Waals surface area (Å²) in [6.07, 6.45) is 0.721. The number of amides is 2. The number of aryl methyl sites for hydroxylation is 2. The van der Waals surface area contributed by atoms with Crippen molar-refractivity contribution in [2.75, 3.05) is 18.0 Å². The van der Waals surface area contributed by atoms with Crippen molar-refractivity contribution in [3.63, 3.8) is 0 Å². The summed E-state index contributed by atoms with van der Waals surface area (Å²) in [5, 5.41) is 3.26. The maximum Gasteiger partial charge on any atom is 0.264 e. The van der Waals surface area contributed by atoms with Gasteiger partial charge in [-0.2, -0.15) is 0 Å². The second-order valence-electron chi connectivity index (χ2n) is 10.1. The molecule has 0 saturated carbocycles. The minimum atomic E-state index is -4.18. The quantitative estimate of drug-likeness (QED) is 0.297. The Labute approximate surface area is 248 Å². The maximum absolute atomic E-state index is 14.1. The Morgan fingerprint density at radius 1 is 1.00 bits per heavy atom. The lowest BCUT2D eigenvalue weighted by molar-refractivity contribution is -0.139. The minimum absolute atomic E-state index is 0.0391. The van der Waals surface area contributed by atoms with Crippen LogP contribution in [-0.2, 0) is 26.2 Å². The first-order chi connectivity index (χ1) is 19.4. The van der Waals surface area contributed by atoms with E-state index < -0.39 is 28.5 Å². The minimum Gasteiger partial charge on any atom is -0.497 e. The monoisotopic (exact) mass is 599 g/mol. The summed E-state index contributed by atoms with van der Waals surface area (Å²) in [5.74, 6) is -0.276. The zero-order valence-electron chi connectivity index (χ0n) is 24.3. The Bertz CT molecular complexity index is 1480. The number of hydrogen-bond acceptors (Lipinski definition) is 5. The zero-order chi connectivity index (χ0) is 30.3. The number of anilines is 1. The van der Waals surface area contributed by atoms with E-state index in [0.717, 1.165) is 21.9 Å². The molecular weight excluding hydrogens is 562 g/mol. The zero-order valence-corrected chi connectivity index (χ0v) is 25.9. The van der Waals surface area contributed by atoms with Gasteiger partial charge in [0.1, 0.15) is 18.3 Å². The molecule has 0 radical (unpaired) electrons. The molecule has 8 nitrogen and oxygen atoms in total. The fourth-order valence-electron chi connectivity index (χ4n) is 4.22. The van der Waals surface area contributed by atoms with E-state index in [1.165, 1.54) is 23.1 Å². The molecule has 10 heteroatoms. The molecule has 2 amide bonds. The molecule has 0 aliphatic heterocycles. The number of rotatable bonds is 12. The van der Waals surface area contributed by atoms with Gasteiger partial charge in [-0.3, -0.25) is 13.9 Å². The van der Waals surface area contributed by atoms with Crippen LogP contribution in [0.15, 0.2) is 71.6 Å². The summed E-state index contributed by atoms with van der Waals surface area (Å²) in [5.41, 5.74) is 2.54. The Morgan fingerprint density at radius 2 is 1.68 bits per heavy atom. The molecule has 0 spiro atoms. The number of nitrogens with zero attached hydrogens (tertiary/aromatic N) is 2. The van der Waals surface area contributed by atoms with Gasteiger partial charge >= 0.3 is 0 Å². The van der Waals surface area contributed by atoms with Crippen LogP contribution in [0.2, 0.25) is 5.02 Å². The molecule has 41 heavy (non-hydrogen) atoms. The Morgan fingerprint density at radius 3 is 2.32 bits per heavy atom. The van der Waals surface area contributed by atoms with Crippen LogP contribution in [0.25, 0.3) is 0 Å². The molecule has 2 atom stereocenters. The highest BCUT2D eigenvalue weighted by molar-refractivity contribution is 7.92. The first kappa shape index (κ1) is 32.0. The van der Waals surface area contributed by atoms with Crippen molar-refractivity contribution in [3.8, 4) is 5.75 Å². The fourth-order valence-corrected chi connectivity index (χ4v) is 5.85. The highest BCUT2D eigenvalue weighted by Crippen LogP contribution is 2.30. The van der Waals surface area contributed by atoms with Gasteiger partial charge in [-0.25, -0.2) is 8.42 Å². The topological polar surface area (TPSA) is 96.0 Å². The predicted octanol–water partition coefficient (Wildman–Crippen LogP) is 5.49. The molecule has 3 aromatic rings. The van der Waals surface area contributed by atoms with E-state index in [2.05, 4.69) is 5.32 Å². The normalized spacial score (nSPS) is 12.8. The number of benzene rings is 3. The lowest BCUT2D eigenvalue weighted by Crippen LogP contribution is -2.52. The molecule has 0 aliphatic carbocycles. The van der Waals surface area contributed by atoms with Gasteiger partial charge in [-0.15, -0.1) is 0 Å². The van der Waals surface area contributed by atoms with Gasteiger partial charge in [0.2, 0.25) is 11.8 Å². The van der Waals surface area contributed by atoms with Crippen LogP contribution in [-0.4, -0.2) is 50.9 Å². The van der Waals surface area contributed by atoms with E-state index in [1.54, 1.807) is 63.4 Å². The van der Waals surface area contributed by atoms with Crippen molar-refractivity contribution in [1.29, 1.82) is 0 Å². The highest BCUT2D eigenvalue weighted by Gasteiger charge is 2.33. The Kier molecular flexibility index (Phi) is 10.8. The van der Waals surface area contributed by atoms with Crippen LogP contribution in [0.1, 0.15) is 43.9 Å². The van der Waals surface area contributed by atoms with Crippen LogP contribution in [0.5, 0.6) is 5.75 Å². The average molecular weight is 600 g/mol. The summed E-state index contributed by atoms with van der Waals surface area (Å²) >= 11 is 6.29. The standard InChI is InChI=1S/C31H38ClN3O5S/c1-7-23(4)33-31(37)24(5)34(19-25-9-8-10-27(17-25)40-6)30(36)20-35(29-18-26(32)14-13-22(29)3)41(38,39)28-15-11-21(2)12-16-28/h8-18,23-24H,7,19-20H2,1-6H3,(H,33,37)/t23-,24+/m0/s1. The van der Waals surface area contributed by atoms with E-state index in [-0.39, 0.29) is 29.1 Å². The van der Waals surface area contributed by atoms with Crippen molar-refractivity contribution in [1.82, 2.24) is 10.2 Å². The van der Waals surface area contributed by atoms with Gasteiger partial charge in [-0.1, -0.05) is 54.4 Å². The Balaban J connectivity index is 2.08. The second kappa shape index (κ2) is 13.9. The molecule has 1 N–H and O–H groups in total. The van der Waals surface area contributed by atoms with E-state index in [4.69, 9.17) is 16.3 Å². The first-order valence-electron chi connectivity index (χ1n) is 13.5. The second-order valence-corrected chi connectivity index (χ2v) is 12.4. The maximum atomic E-state index is 14.1. The summed E-state index contributed by atoms with van der Waals surface area (Å²) < 4.78 is 34.4. The van der Waals surface area contributed by atoms with Crippen LogP contribution >= 0.6 is 11.6 Å². The number of hydrogen-bond donors (Lipinski definition) is 1. The van der Waals surface area contributed by atoms with Gasteiger partial charge in [0, 0.05) is 17.6 Å². The van der Waals surface area contributed by atoms with E-state index in [0.29, 0.717) is 16.3 Å². The third kappa shape index (κ3) is 8.01. The predicted molar refractivity (Wildman–Crippen MR) is 163 cm³/mol. The van der Waals surface area contributed by atoms with E-state index >= 15 is 0 Å². The molecule has 0 saturated heterocycles. The molecule has 3 rings (SSSR count). The summed E-state index contributed by atoms with van der Waals surface area (Å²) in [6, 6.07) is 17.5.